The Morgan fingerprint density at radius 1 is 1.57 bits per heavy atom. The normalized spacial score (nSPS) is 9.00. The third-order valence-corrected chi connectivity index (χ3v) is 1.85. The summed E-state index contributed by atoms with van der Waals surface area (Å²) >= 11 is 5.80. The second-order valence-corrected chi connectivity index (χ2v) is 2.91. The van der Waals surface area contributed by atoms with E-state index in [0.29, 0.717) is 10.6 Å². The van der Waals surface area contributed by atoms with Gasteiger partial charge in [0.25, 0.3) is 0 Å². The molecule has 0 heterocycles. The highest BCUT2D eigenvalue weighted by molar-refractivity contribution is 6.32. The summed E-state index contributed by atoms with van der Waals surface area (Å²) in [5.41, 5.74) is 5.93. The van der Waals surface area contributed by atoms with E-state index < -0.39 is 5.97 Å². The van der Waals surface area contributed by atoms with Crippen LogP contribution in [0, 0.1) is 11.8 Å². The molecule has 0 aliphatic heterocycles. The Morgan fingerprint density at radius 2 is 2.29 bits per heavy atom. The summed E-state index contributed by atoms with van der Waals surface area (Å²) in [7, 11) is 0. The van der Waals surface area contributed by atoms with Gasteiger partial charge in [0, 0.05) is 5.56 Å². The summed E-state index contributed by atoms with van der Waals surface area (Å²) < 4.78 is 0. The van der Waals surface area contributed by atoms with Crippen molar-refractivity contribution >= 4 is 17.6 Å². The van der Waals surface area contributed by atoms with Crippen LogP contribution in [0.4, 0.5) is 0 Å². The summed E-state index contributed by atoms with van der Waals surface area (Å²) in [6.45, 7) is 0.247. The third kappa shape index (κ3) is 2.49. The van der Waals surface area contributed by atoms with Gasteiger partial charge in [-0.05, 0) is 18.2 Å². The molecule has 1 aromatic carbocycles. The number of nitrogens with two attached hydrogens (primary N) is 1. The molecule has 0 saturated carbocycles. The first-order valence-electron chi connectivity index (χ1n) is 3.87. The van der Waals surface area contributed by atoms with Gasteiger partial charge in [0.05, 0.1) is 17.1 Å². The molecular weight excluding hydrogens is 202 g/mol. The maximum absolute atomic E-state index is 10.6. The lowest BCUT2D eigenvalue weighted by molar-refractivity contribution is 0.0697. The van der Waals surface area contributed by atoms with Gasteiger partial charge in [-0.15, -0.1) is 0 Å². The Morgan fingerprint density at radius 3 is 2.79 bits per heavy atom. The van der Waals surface area contributed by atoms with Crippen molar-refractivity contribution in [3.8, 4) is 11.8 Å². The van der Waals surface area contributed by atoms with Crippen LogP contribution in [0.5, 0.6) is 0 Å². The summed E-state index contributed by atoms with van der Waals surface area (Å²) in [4.78, 5) is 10.6. The molecule has 1 rings (SSSR count). The molecule has 0 bridgehead atoms. The van der Waals surface area contributed by atoms with Crippen LogP contribution in [0.25, 0.3) is 0 Å². The maximum atomic E-state index is 10.6. The Bertz CT molecular complexity index is 418. The molecule has 72 valence electrons. The fraction of sp³-hybridized carbons (Fsp3) is 0.100. The number of carbonyl (C=O) groups is 1. The SMILES string of the molecule is NCC#Cc1ccc(C(=O)O)cc1Cl. The zero-order chi connectivity index (χ0) is 10.6. The lowest BCUT2D eigenvalue weighted by atomic mass is 10.1. The lowest BCUT2D eigenvalue weighted by Gasteiger charge is -1.97. The van der Waals surface area contributed by atoms with Crippen LogP contribution in [-0.2, 0) is 0 Å². The highest BCUT2D eigenvalue weighted by atomic mass is 35.5. The van der Waals surface area contributed by atoms with E-state index in [4.69, 9.17) is 22.4 Å². The van der Waals surface area contributed by atoms with Gasteiger partial charge in [0.15, 0.2) is 0 Å². The molecule has 4 heteroatoms. The van der Waals surface area contributed by atoms with Crippen molar-refractivity contribution in [2.45, 2.75) is 0 Å². The molecule has 0 aromatic heterocycles. The number of hydrogen-bond acceptors (Lipinski definition) is 2. The van der Waals surface area contributed by atoms with Crippen LogP contribution >= 0.6 is 11.6 Å². The molecule has 14 heavy (non-hydrogen) atoms. The van der Waals surface area contributed by atoms with Crippen LogP contribution < -0.4 is 5.73 Å². The predicted molar refractivity (Wildman–Crippen MR) is 54.3 cm³/mol. The second-order valence-electron chi connectivity index (χ2n) is 2.51. The molecule has 0 unspecified atom stereocenters. The van der Waals surface area contributed by atoms with E-state index in [0.717, 1.165) is 0 Å². The quantitative estimate of drug-likeness (QED) is 0.687. The van der Waals surface area contributed by atoms with Crippen molar-refractivity contribution in [2.75, 3.05) is 6.54 Å². The van der Waals surface area contributed by atoms with Crippen LogP contribution in [0.2, 0.25) is 5.02 Å². The standard InChI is InChI=1S/C10H8ClNO2/c11-9-6-8(10(13)14)4-3-7(9)2-1-5-12/h3-4,6H,5,12H2,(H,13,14). The molecule has 0 radical (unpaired) electrons. The minimum atomic E-state index is -1.01. The van der Waals surface area contributed by atoms with E-state index in [1.807, 2.05) is 0 Å². The van der Waals surface area contributed by atoms with Gasteiger partial charge in [0.1, 0.15) is 0 Å². The summed E-state index contributed by atoms with van der Waals surface area (Å²) in [5, 5.41) is 8.99. The average Bonchev–Trinajstić information content (AvgIpc) is 2.15. The largest absolute Gasteiger partial charge is 0.478 e. The minimum absolute atomic E-state index is 0.147. The first-order valence-corrected chi connectivity index (χ1v) is 4.24. The second kappa shape index (κ2) is 4.66. The number of aromatic carboxylic acids is 1. The average molecular weight is 210 g/mol. The van der Waals surface area contributed by atoms with Gasteiger partial charge in [-0.2, -0.15) is 0 Å². The zero-order valence-electron chi connectivity index (χ0n) is 7.25. The van der Waals surface area contributed by atoms with Gasteiger partial charge in [0.2, 0.25) is 0 Å². The molecule has 0 aliphatic rings. The van der Waals surface area contributed by atoms with Crippen molar-refractivity contribution in [2.24, 2.45) is 5.73 Å². The van der Waals surface area contributed by atoms with Crippen molar-refractivity contribution in [1.82, 2.24) is 0 Å². The first-order chi connectivity index (χ1) is 6.65. The fourth-order valence-corrected chi connectivity index (χ4v) is 1.12. The molecule has 0 saturated heterocycles. The molecule has 0 atom stereocenters. The number of carboxylic acid groups (broad SMARTS) is 1. The molecule has 0 amide bonds. The predicted octanol–water partition coefficient (Wildman–Crippen LogP) is 1.35. The molecule has 1 aromatic rings. The Hall–Kier alpha value is -1.50. The Balaban J connectivity index is 3.07. The first kappa shape index (κ1) is 10.6. The third-order valence-electron chi connectivity index (χ3n) is 1.54. The monoisotopic (exact) mass is 209 g/mol. The van der Waals surface area contributed by atoms with Gasteiger partial charge in [-0.25, -0.2) is 4.79 Å². The van der Waals surface area contributed by atoms with E-state index in [-0.39, 0.29) is 12.1 Å². The Kier molecular flexibility index (Phi) is 3.52. The number of rotatable bonds is 1. The van der Waals surface area contributed by atoms with Crippen molar-refractivity contribution in [1.29, 1.82) is 0 Å². The molecule has 3 nitrogen and oxygen atoms in total. The highest BCUT2D eigenvalue weighted by Crippen LogP contribution is 2.16. The lowest BCUT2D eigenvalue weighted by Crippen LogP contribution is -1.96. The molecule has 3 N–H and O–H groups in total. The number of benzene rings is 1. The van der Waals surface area contributed by atoms with Crippen LogP contribution in [-0.4, -0.2) is 17.6 Å². The Labute approximate surface area is 86.5 Å². The fourth-order valence-electron chi connectivity index (χ4n) is 0.896. The molecular formula is C10H8ClNO2. The van der Waals surface area contributed by atoms with Gasteiger partial charge in [-0.1, -0.05) is 23.4 Å². The topological polar surface area (TPSA) is 63.3 Å². The van der Waals surface area contributed by atoms with E-state index in [2.05, 4.69) is 11.8 Å². The van der Waals surface area contributed by atoms with Crippen LogP contribution in [0.15, 0.2) is 18.2 Å². The summed E-state index contributed by atoms with van der Waals surface area (Å²) in [6.07, 6.45) is 0. The van der Waals surface area contributed by atoms with E-state index >= 15 is 0 Å². The van der Waals surface area contributed by atoms with E-state index in [1.165, 1.54) is 12.1 Å². The van der Waals surface area contributed by atoms with E-state index in [9.17, 15) is 4.79 Å². The summed E-state index contributed by atoms with van der Waals surface area (Å²) in [5.74, 6) is 4.37. The molecule has 0 spiro atoms. The number of carboxylic acids is 1. The number of hydrogen-bond donors (Lipinski definition) is 2. The van der Waals surface area contributed by atoms with E-state index in [1.54, 1.807) is 6.07 Å². The van der Waals surface area contributed by atoms with Crippen LogP contribution in [0.3, 0.4) is 0 Å². The van der Waals surface area contributed by atoms with Crippen molar-refractivity contribution in [3.05, 3.63) is 34.3 Å². The minimum Gasteiger partial charge on any atom is -0.478 e. The van der Waals surface area contributed by atoms with Crippen LogP contribution in [0.1, 0.15) is 15.9 Å². The van der Waals surface area contributed by atoms with Gasteiger partial charge in [-0.3, -0.25) is 0 Å². The number of halogens is 1. The molecule has 0 fully saturated rings. The van der Waals surface area contributed by atoms with Gasteiger partial charge < -0.3 is 10.8 Å². The summed E-state index contributed by atoms with van der Waals surface area (Å²) in [6, 6.07) is 4.38. The maximum Gasteiger partial charge on any atom is 0.335 e. The van der Waals surface area contributed by atoms with Crippen molar-refractivity contribution < 1.29 is 9.90 Å². The molecule has 0 aliphatic carbocycles. The smallest absolute Gasteiger partial charge is 0.335 e. The zero-order valence-corrected chi connectivity index (χ0v) is 8.01. The van der Waals surface area contributed by atoms with Crippen molar-refractivity contribution in [3.63, 3.8) is 0 Å². The van der Waals surface area contributed by atoms with Gasteiger partial charge >= 0.3 is 5.97 Å². The highest BCUT2D eigenvalue weighted by Gasteiger charge is 2.04.